The van der Waals surface area contributed by atoms with Gasteiger partial charge in [0, 0.05) is 88.3 Å². The van der Waals surface area contributed by atoms with Gasteiger partial charge in [-0.2, -0.15) is 0 Å². The first-order chi connectivity index (χ1) is 23.6. The minimum atomic E-state index is 0.635. The Labute approximate surface area is 286 Å². The lowest BCUT2D eigenvalue weighted by atomic mass is 10.2. The maximum Gasteiger partial charge on any atom is 0.122 e. The van der Waals surface area contributed by atoms with Gasteiger partial charge in [0.15, 0.2) is 0 Å². The lowest BCUT2D eigenvalue weighted by Gasteiger charge is -2.27. The maximum absolute atomic E-state index is 5.92. The first kappa shape index (κ1) is 36.6. The molecule has 0 aliphatic carbocycles. The minimum Gasteiger partial charge on any atom is -0.493 e. The number of pyridine rings is 4. The molecule has 0 spiro atoms. The Bertz CT molecular complexity index is 1270. The first-order valence-electron chi connectivity index (χ1n) is 17.3. The summed E-state index contributed by atoms with van der Waals surface area (Å²) in [7, 11) is 0. The second kappa shape index (κ2) is 20.8. The molecule has 0 aliphatic heterocycles. The van der Waals surface area contributed by atoms with Crippen LogP contribution in [0, 0.1) is 0 Å². The van der Waals surface area contributed by atoms with Gasteiger partial charge in [-0.05, 0) is 49.9 Å². The molecule has 0 fully saturated rings. The smallest absolute Gasteiger partial charge is 0.122 e. The second-order valence-corrected chi connectivity index (χ2v) is 11.7. The van der Waals surface area contributed by atoms with E-state index in [1.807, 2.05) is 73.3 Å². The largest absolute Gasteiger partial charge is 0.493 e. The van der Waals surface area contributed by atoms with Crippen LogP contribution in [0.4, 0.5) is 0 Å². The molecule has 48 heavy (non-hydrogen) atoms. The van der Waals surface area contributed by atoms with Crippen LogP contribution in [0.2, 0.25) is 0 Å². The molecule has 0 unspecified atom stereocenters. The van der Waals surface area contributed by atoms with Gasteiger partial charge in [-0.3, -0.25) is 29.7 Å². The predicted molar refractivity (Wildman–Crippen MR) is 188 cm³/mol. The van der Waals surface area contributed by atoms with Crippen LogP contribution in [0.1, 0.15) is 76.2 Å². The van der Waals surface area contributed by atoms with Gasteiger partial charge in [0.25, 0.3) is 0 Å². The lowest BCUT2D eigenvalue weighted by Crippen LogP contribution is -2.35. The summed E-state index contributed by atoms with van der Waals surface area (Å²) in [6.07, 6.45) is 11.1. The Morgan fingerprint density at radius 2 is 0.667 bits per heavy atom. The van der Waals surface area contributed by atoms with E-state index in [2.05, 4.69) is 57.4 Å². The molecule has 258 valence electrons. The van der Waals surface area contributed by atoms with Crippen LogP contribution in [0.5, 0.6) is 23.0 Å². The molecule has 0 atom stereocenters. The Balaban J connectivity index is 1.56. The van der Waals surface area contributed by atoms with Crippen LogP contribution < -0.4 is 18.9 Å². The topological polar surface area (TPSA) is 95.0 Å². The van der Waals surface area contributed by atoms with Crippen LogP contribution in [-0.4, -0.2) is 69.3 Å². The van der Waals surface area contributed by atoms with Gasteiger partial charge in [-0.15, -0.1) is 0 Å². The summed E-state index contributed by atoms with van der Waals surface area (Å²) >= 11 is 0. The molecule has 10 heteroatoms. The average molecular weight is 657 g/mol. The zero-order valence-corrected chi connectivity index (χ0v) is 29.1. The fourth-order valence-electron chi connectivity index (χ4n) is 5.04. The molecule has 0 saturated carbocycles. The quantitative estimate of drug-likeness (QED) is 0.0821. The van der Waals surface area contributed by atoms with E-state index in [0.29, 0.717) is 52.6 Å². The van der Waals surface area contributed by atoms with Crippen molar-refractivity contribution >= 4 is 0 Å². The highest BCUT2D eigenvalue weighted by Crippen LogP contribution is 2.19. The number of ether oxygens (including phenoxy) is 4. The third kappa shape index (κ3) is 13.1. The standard InChI is InChI=1S/C38H52N6O4/c1-5-19-45-35-9-13-39-31(23-35)27-43(28-32-24-36(10-14-40-32)46-20-6-2)17-18-44(29-33-25-37(11-15-41-33)47-21-7-3)30-34-26-38(12-16-42-34)48-22-8-4/h9-16,23-26H,5-8,17-22,27-30H2,1-4H3. The summed E-state index contributed by atoms with van der Waals surface area (Å²) < 4.78 is 23.7. The van der Waals surface area contributed by atoms with E-state index in [4.69, 9.17) is 18.9 Å². The molecule has 0 aromatic carbocycles. The molecular formula is C38H52N6O4. The van der Waals surface area contributed by atoms with Crippen LogP contribution in [0.15, 0.2) is 73.3 Å². The normalized spacial score (nSPS) is 11.2. The fourth-order valence-corrected chi connectivity index (χ4v) is 5.04. The van der Waals surface area contributed by atoms with Crippen LogP contribution in [-0.2, 0) is 26.2 Å². The Morgan fingerprint density at radius 3 is 0.896 bits per heavy atom. The molecule has 4 aromatic heterocycles. The van der Waals surface area contributed by atoms with Crippen molar-refractivity contribution in [2.24, 2.45) is 0 Å². The van der Waals surface area contributed by atoms with Crippen molar-refractivity contribution < 1.29 is 18.9 Å². The Kier molecular flexibility index (Phi) is 15.9. The summed E-state index contributed by atoms with van der Waals surface area (Å²) in [5.74, 6) is 3.35. The summed E-state index contributed by atoms with van der Waals surface area (Å²) in [6, 6.07) is 15.8. The molecule has 0 amide bonds. The second-order valence-electron chi connectivity index (χ2n) is 11.7. The number of rotatable bonds is 23. The van der Waals surface area contributed by atoms with E-state index in [1.165, 1.54) is 0 Å². The maximum atomic E-state index is 5.92. The SMILES string of the molecule is CCCOc1ccnc(CN(CCN(Cc2cc(OCCC)ccn2)Cc2cc(OCCC)ccn2)Cc2cc(OCCC)ccn2)c1. The fraction of sp³-hybridized carbons (Fsp3) is 0.474. The van der Waals surface area contributed by atoms with Crippen LogP contribution in [0.3, 0.4) is 0 Å². The van der Waals surface area contributed by atoms with Gasteiger partial charge in [0.05, 0.1) is 49.2 Å². The van der Waals surface area contributed by atoms with Crippen molar-refractivity contribution in [3.63, 3.8) is 0 Å². The van der Waals surface area contributed by atoms with Gasteiger partial charge in [0.1, 0.15) is 23.0 Å². The zero-order valence-electron chi connectivity index (χ0n) is 29.1. The molecule has 0 N–H and O–H groups in total. The highest BCUT2D eigenvalue weighted by Gasteiger charge is 2.16. The van der Waals surface area contributed by atoms with E-state index in [1.54, 1.807) is 0 Å². The van der Waals surface area contributed by atoms with E-state index in [9.17, 15) is 0 Å². The van der Waals surface area contributed by atoms with Gasteiger partial charge < -0.3 is 18.9 Å². The molecule has 4 aromatic rings. The van der Waals surface area contributed by atoms with E-state index in [0.717, 1.165) is 84.5 Å². The average Bonchev–Trinajstić information content (AvgIpc) is 3.11. The number of nitrogens with zero attached hydrogens (tertiary/aromatic N) is 6. The molecule has 0 bridgehead atoms. The number of aromatic nitrogens is 4. The number of hydrogen-bond acceptors (Lipinski definition) is 10. The zero-order chi connectivity index (χ0) is 33.8. The van der Waals surface area contributed by atoms with Crippen LogP contribution >= 0.6 is 0 Å². The minimum absolute atomic E-state index is 0.635. The van der Waals surface area contributed by atoms with Gasteiger partial charge in [0.2, 0.25) is 0 Å². The predicted octanol–water partition coefficient (Wildman–Crippen LogP) is 7.13. The van der Waals surface area contributed by atoms with Crippen molar-refractivity contribution in [3.8, 4) is 23.0 Å². The van der Waals surface area contributed by atoms with Crippen LogP contribution in [0.25, 0.3) is 0 Å². The van der Waals surface area contributed by atoms with Gasteiger partial charge in [-0.1, -0.05) is 27.7 Å². The van der Waals surface area contributed by atoms with E-state index < -0.39 is 0 Å². The highest BCUT2D eigenvalue weighted by molar-refractivity contribution is 5.26. The first-order valence-corrected chi connectivity index (χ1v) is 17.3. The Hall–Kier alpha value is -4.28. The third-order valence-corrected chi connectivity index (χ3v) is 7.32. The molecule has 10 nitrogen and oxygen atoms in total. The van der Waals surface area contributed by atoms with Crippen molar-refractivity contribution in [2.75, 3.05) is 39.5 Å². The number of hydrogen-bond donors (Lipinski definition) is 0. The molecular weight excluding hydrogens is 604 g/mol. The Morgan fingerprint density at radius 1 is 0.417 bits per heavy atom. The molecule has 0 aliphatic rings. The summed E-state index contributed by atoms with van der Waals surface area (Å²) in [5, 5.41) is 0. The lowest BCUT2D eigenvalue weighted by molar-refractivity contribution is 0.177. The van der Waals surface area contributed by atoms with Crippen molar-refractivity contribution in [1.82, 2.24) is 29.7 Å². The van der Waals surface area contributed by atoms with Gasteiger partial charge >= 0.3 is 0 Å². The van der Waals surface area contributed by atoms with Crippen molar-refractivity contribution in [1.29, 1.82) is 0 Å². The van der Waals surface area contributed by atoms with Gasteiger partial charge in [-0.25, -0.2) is 0 Å². The third-order valence-electron chi connectivity index (χ3n) is 7.32. The van der Waals surface area contributed by atoms with Crippen molar-refractivity contribution in [2.45, 2.75) is 79.6 Å². The summed E-state index contributed by atoms with van der Waals surface area (Å²) in [5.41, 5.74) is 3.77. The van der Waals surface area contributed by atoms with Crippen molar-refractivity contribution in [3.05, 3.63) is 96.1 Å². The summed E-state index contributed by atoms with van der Waals surface area (Å²) in [4.78, 5) is 23.5. The monoisotopic (exact) mass is 656 g/mol. The van der Waals surface area contributed by atoms with E-state index >= 15 is 0 Å². The summed E-state index contributed by atoms with van der Waals surface area (Å²) in [6.45, 7) is 15.2. The molecule has 4 rings (SSSR count). The molecule has 0 radical (unpaired) electrons. The highest BCUT2D eigenvalue weighted by atomic mass is 16.5. The molecule has 4 heterocycles. The van der Waals surface area contributed by atoms with E-state index in [-0.39, 0.29) is 0 Å². The molecule has 0 saturated heterocycles.